The van der Waals surface area contributed by atoms with Crippen LogP contribution in [0, 0.1) is 7.11 Å². The average Bonchev–Trinajstić information content (AvgIpc) is 2.46. The van der Waals surface area contributed by atoms with Gasteiger partial charge in [-0.15, -0.1) is 0 Å². The molecule has 2 rings (SSSR count). The highest BCUT2D eigenvalue weighted by molar-refractivity contribution is 5.78. The van der Waals surface area contributed by atoms with Crippen LogP contribution >= 0.6 is 0 Å². The molecule has 0 bridgehead atoms. The normalized spacial score (nSPS) is 10.3. The molecule has 1 aromatic carbocycles. The summed E-state index contributed by atoms with van der Waals surface area (Å²) in [5.41, 5.74) is 0.825. The number of rotatable bonds is 1. The van der Waals surface area contributed by atoms with E-state index >= 15 is 0 Å². The number of furan rings is 1. The van der Waals surface area contributed by atoms with Crippen LogP contribution in [0.1, 0.15) is 0 Å². The van der Waals surface area contributed by atoms with E-state index in [2.05, 4.69) is 11.8 Å². The summed E-state index contributed by atoms with van der Waals surface area (Å²) in [5, 5.41) is 1.03. The van der Waals surface area contributed by atoms with Crippen LogP contribution in [-0.2, 0) is 0 Å². The predicted molar refractivity (Wildman–Crippen MR) is 42.2 cm³/mol. The van der Waals surface area contributed by atoms with Crippen molar-refractivity contribution in [1.29, 1.82) is 0 Å². The maximum atomic E-state index is 5.23. The molecule has 0 aliphatic carbocycles. The zero-order valence-corrected chi connectivity index (χ0v) is 5.91. The molecular formula is C9H7O2. The molecule has 0 aliphatic rings. The van der Waals surface area contributed by atoms with Crippen LogP contribution in [0.2, 0.25) is 0 Å². The molecule has 2 aromatic rings. The van der Waals surface area contributed by atoms with Gasteiger partial charge in [-0.3, -0.25) is 0 Å². The van der Waals surface area contributed by atoms with Gasteiger partial charge in [-0.1, -0.05) is 18.2 Å². The van der Waals surface area contributed by atoms with Crippen molar-refractivity contribution < 1.29 is 9.15 Å². The number of para-hydroxylation sites is 1. The highest BCUT2D eigenvalue weighted by Gasteiger charge is 2.00. The Balaban J connectivity index is 2.69. The van der Waals surface area contributed by atoms with Crippen molar-refractivity contribution in [2.45, 2.75) is 0 Å². The summed E-state index contributed by atoms with van der Waals surface area (Å²) >= 11 is 0. The third kappa shape index (κ3) is 0.963. The van der Waals surface area contributed by atoms with Crippen LogP contribution in [0.3, 0.4) is 0 Å². The molecule has 2 heteroatoms. The van der Waals surface area contributed by atoms with Gasteiger partial charge >= 0.3 is 0 Å². The van der Waals surface area contributed by atoms with Crippen molar-refractivity contribution in [2.24, 2.45) is 0 Å². The van der Waals surface area contributed by atoms with Crippen molar-refractivity contribution in [3.05, 3.63) is 37.4 Å². The molecule has 1 radical (unpaired) electrons. The number of benzene rings is 1. The summed E-state index contributed by atoms with van der Waals surface area (Å²) in [6, 6.07) is 9.52. The number of hydrogen-bond donors (Lipinski definition) is 0. The second-order valence-corrected chi connectivity index (χ2v) is 2.25. The van der Waals surface area contributed by atoms with Gasteiger partial charge in [0.25, 0.3) is 5.95 Å². The highest BCUT2D eigenvalue weighted by Crippen LogP contribution is 2.23. The Morgan fingerprint density at radius 2 is 2.09 bits per heavy atom. The Kier molecular flexibility index (Phi) is 1.32. The van der Waals surface area contributed by atoms with Gasteiger partial charge in [0.2, 0.25) is 0 Å². The van der Waals surface area contributed by atoms with E-state index in [1.165, 1.54) is 0 Å². The molecule has 0 unspecified atom stereocenters. The molecule has 0 amide bonds. The molecule has 0 saturated carbocycles. The third-order valence-electron chi connectivity index (χ3n) is 1.55. The van der Waals surface area contributed by atoms with E-state index in [0.717, 1.165) is 11.0 Å². The van der Waals surface area contributed by atoms with E-state index in [9.17, 15) is 0 Å². The molecule has 2 nitrogen and oxygen atoms in total. The van der Waals surface area contributed by atoms with Crippen LogP contribution < -0.4 is 4.74 Å². The Hall–Kier alpha value is -1.44. The monoisotopic (exact) mass is 147 g/mol. The second kappa shape index (κ2) is 2.31. The van der Waals surface area contributed by atoms with Crippen LogP contribution in [0.4, 0.5) is 0 Å². The Labute approximate surface area is 64.4 Å². The minimum atomic E-state index is 0.450. The summed E-state index contributed by atoms with van der Waals surface area (Å²) in [6.45, 7) is 0. The third-order valence-corrected chi connectivity index (χ3v) is 1.55. The van der Waals surface area contributed by atoms with Gasteiger partial charge in [0.1, 0.15) is 12.7 Å². The Morgan fingerprint density at radius 3 is 2.82 bits per heavy atom. The fourth-order valence-electron chi connectivity index (χ4n) is 1.03. The minimum Gasteiger partial charge on any atom is -0.462 e. The van der Waals surface area contributed by atoms with E-state index in [0.29, 0.717) is 5.95 Å². The molecular weight excluding hydrogens is 140 g/mol. The number of hydrogen-bond acceptors (Lipinski definition) is 2. The first-order valence-electron chi connectivity index (χ1n) is 3.31. The molecule has 11 heavy (non-hydrogen) atoms. The lowest BCUT2D eigenvalue weighted by molar-refractivity contribution is 0.353. The van der Waals surface area contributed by atoms with Gasteiger partial charge in [-0.05, 0) is 6.07 Å². The van der Waals surface area contributed by atoms with E-state index in [1.54, 1.807) is 0 Å². The standard InChI is InChI=1S/C9H7O2/c1-10-9-6-7-4-2-3-5-8(7)11-9/h2-6H,1H2. The minimum absolute atomic E-state index is 0.450. The lowest BCUT2D eigenvalue weighted by atomic mass is 10.3. The molecule has 55 valence electrons. The maximum Gasteiger partial charge on any atom is 0.285 e. The maximum absolute atomic E-state index is 5.23. The average molecular weight is 147 g/mol. The van der Waals surface area contributed by atoms with Gasteiger partial charge in [0.15, 0.2) is 0 Å². The fraction of sp³-hybridized carbons (Fsp3) is 0. The van der Waals surface area contributed by atoms with Crippen molar-refractivity contribution in [1.82, 2.24) is 0 Å². The molecule has 0 aliphatic heterocycles. The predicted octanol–water partition coefficient (Wildman–Crippen LogP) is 2.60. The number of fused-ring (bicyclic) bond motifs is 1. The summed E-state index contributed by atoms with van der Waals surface area (Å²) in [6.07, 6.45) is 0. The molecule has 1 heterocycles. The van der Waals surface area contributed by atoms with Gasteiger partial charge < -0.3 is 9.15 Å². The van der Waals surface area contributed by atoms with Gasteiger partial charge in [-0.25, -0.2) is 0 Å². The van der Waals surface area contributed by atoms with Crippen molar-refractivity contribution in [3.63, 3.8) is 0 Å². The summed E-state index contributed by atoms with van der Waals surface area (Å²) < 4.78 is 9.91. The van der Waals surface area contributed by atoms with Crippen molar-refractivity contribution in [2.75, 3.05) is 0 Å². The van der Waals surface area contributed by atoms with Gasteiger partial charge in [0, 0.05) is 11.5 Å². The first-order chi connectivity index (χ1) is 5.40. The zero-order chi connectivity index (χ0) is 7.68. The molecule has 0 N–H and O–H groups in total. The largest absolute Gasteiger partial charge is 0.462 e. The quantitative estimate of drug-likeness (QED) is 0.618. The summed E-state index contributed by atoms with van der Waals surface area (Å²) in [7, 11) is 3.26. The van der Waals surface area contributed by atoms with Gasteiger partial charge in [0.05, 0.1) is 0 Å². The summed E-state index contributed by atoms with van der Waals surface area (Å²) in [4.78, 5) is 0. The van der Waals surface area contributed by atoms with Crippen LogP contribution in [0.15, 0.2) is 34.7 Å². The van der Waals surface area contributed by atoms with Crippen LogP contribution in [-0.4, -0.2) is 0 Å². The van der Waals surface area contributed by atoms with Crippen molar-refractivity contribution >= 4 is 11.0 Å². The first-order valence-corrected chi connectivity index (χ1v) is 3.31. The SMILES string of the molecule is [CH2]Oc1cc2ccccc2o1. The van der Waals surface area contributed by atoms with Crippen LogP contribution in [0.5, 0.6) is 5.95 Å². The smallest absolute Gasteiger partial charge is 0.285 e. The van der Waals surface area contributed by atoms with Gasteiger partial charge in [-0.2, -0.15) is 0 Å². The fourth-order valence-corrected chi connectivity index (χ4v) is 1.03. The van der Waals surface area contributed by atoms with Crippen LogP contribution in [0.25, 0.3) is 11.0 Å². The molecule has 0 atom stereocenters. The lowest BCUT2D eigenvalue weighted by Crippen LogP contribution is -1.70. The van der Waals surface area contributed by atoms with E-state index < -0.39 is 0 Å². The first kappa shape index (κ1) is 6.28. The molecule has 0 saturated heterocycles. The number of ether oxygens (including phenoxy) is 1. The van der Waals surface area contributed by atoms with E-state index in [-0.39, 0.29) is 0 Å². The van der Waals surface area contributed by atoms with E-state index in [1.807, 2.05) is 30.3 Å². The molecule has 0 spiro atoms. The lowest BCUT2D eigenvalue weighted by Gasteiger charge is -1.86. The van der Waals surface area contributed by atoms with Crippen molar-refractivity contribution in [3.8, 4) is 5.95 Å². The second-order valence-electron chi connectivity index (χ2n) is 2.25. The zero-order valence-electron chi connectivity index (χ0n) is 5.91. The highest BCUT2D eigenvalue weighted by atomic mass is 16.6. The Bertz CT molecular complexity index is 329. The molecule has 0 fully saturated rings. The van der Waals surface area contributed by atoms with E-state index in [4.69, 9.17) is 4.42 Å². The summed E-state index contributed by atoms with van der Waals surface area (Å²) in [5.74, 6) is 0.450. The Morgan fingerprint density at radius 1 is 1.27 bits per heavy atom. The topological polar surface area (TPSA) is 22.4 Å². The molecule has 1 aromatic heterocycles.